The van der Waals surface area contributed by atoms with Gasteiger partial charge in [-0.1, -0.05) is 12.1 Å². The van der Waals surface area contributed by atoms with Crippen LogP contribution in [0.2, 0.25) is 0 Å². The molecule has 94 valence electrons. The fourth-order valence-electron chi connectivity index (χ4n) is 1.85. The Kier molecular flexibility index (Phi) is 3.54. The van der Waals surface area contributed by atoms with Gasteiger partial charge in [0.2, 0.25) is 0 Å². The summed E-state index contributed by atoms with van der Waals surface area (Å²) in [6, 6.07) is 7.82. The highest BCUT2D eigenvalue weighted by molar-refractivity contribution is 7.99. The highest BCUT2D eigenvalue weighted by Gasteiger charge is 2.19. The van der Waals surface area contributed by atoms with Crippen molar-refractivity contribution < 1.29 is 4.74 Å². The molecular formula is C13H14N2OS2. The maximum Gasteiger partial charge on any atom is 0.123 e. The second-order valence-electron chi connectivity index (χ2n) is 4.13. The van der Waals surface area contributed by atoms with Crippen molar-refractivity contribution in [1.82, 2.24) is 4.98 Å². The molecular weight excluding hydrogens is 264 g/mol. The fourth-order valence-corrected chi connectivity index (χ4v) is 3.68. The number of ether oxygens (including phenoxy) is 1. The molecule has 1 atom stereocenters. The van der Waals surface area contributed by atoms with Crippen molar-refractivity contribution in [3.63, 3.8) is 0 Å². The zero-order chi connectivity index (χ0) is 12.4. The van der Waals surface area contributed by atoms with Crippen LogP contribution in [-0.4, -0.2) is 23.1 Å². The molecule has 1 saturated heterocycles. The molecule has 1 aliphatic rings. The smallest absolute Gasteiger partial charge is 0.123 e. The SMILES string of the molecule is Nc1ccc(-c2csc(C3CSCCO3)n2)cc1. The molecule has 1 unspecified atom stereocenters. The second-order valence-corrected chi connectivity index (χ2v) is 6.17. The number of thioether (sulfide) groups is 1. The Labute approximate surface area is 114 Å². The zero-order valence-corrected chi connectivity index (χ0v) is 11.5. The molecule has 2 aromatic rings. The topological polar surface area (TPSA) is 48.1 Å². The molecule has 3 rings (SSSR count). The lowest BCUT2D eigenvalue weighted by Gasteiger charge is -2.19. The van der Waals surface area contributed by atoms with Gasteiger partial charge in [0.1, 0.15) is 11.1 Å². The summed E-state index contributed by atoms with van der Waals surface area (Å²) in [5, 5.41) is 3.16. The van der Waals surface area contributed by atoms with Gasteiger partial charge in [-0.15, -0.1) is 11.3 Å². The lowest BCUT2D eigenvalue weighted by Crippen LogP contribution is -2.15. The van der Waals surface area contributed by atoms with Gasteiger partial charge in [0.25, 0.3) is 0 Å². The Hall–Kier alpha value is -1.04. The molecule has 1 aromatic heterocycles. The molecule has 0 radical (unpaired) electrons. The average molecular weight is 278 g/mol. The number of thiazole rings is 1. The predicted molar refractivity (Wildman–Crippen MR) is 78.0 cm³/mol. The van der Waals surface area contributed by atoms with Crippen LogP contribution in [0.25, 0.3) is 11.3 Å². The number of aromatic nitrogens is 1. The third kappa shape index (κ3) is 2.53. The number of nitrogen functional groups attached to an aromatic ring is 1. The van der Waals surface area contributed by atoms with E-state index < -0.39 is 0 Å². The van der Waals surface area contributed by atoms with Gasteiger partial charge in [0, 0.05) is 28.1 Å². The molecule has 0 amide bonds. The monoisotopic (exact) mass is 278 g/mol. The van der Waals surface area contributed by atoms with E-state index in [0.717, 1.165) is 40.1 Å². The van der Waals surface area contributed by atoms with E-state index in [1.807, 2.05) is 36.0 Å². The molecule has 1 fully saturated rings. The van der Waals surface area contributed by atoms with Crippen molar-refractivity contribution in [2.75, 3.05) is 23.8 Å². The Morgan fingerprint density at radius 1 is 1.28 bits per heavy atom. The summed E-state index contributed by atoms with van der Waals surface area (Å²) in [6.45, 7) is 0.826. The molecule has 5 heteroatoms. The normalized spacial score (nSPS) is 19.9. The van der Waals surface area contributed by atoms with Crippen LogP contribution >= 0.6 is 23.1 Å². The fraction of sp³-hybridized carbons (Fsp3) is 0.308. The zero-order valence-electron chi connectivity index (χ0n) is 9.83. The average Bonchev–Trinajstić information content (AvgIpc) is 2.90. The van der Waals surface area contributed by atoms with Gasteiger partial charge in [-0.3, -0.25) is 0 Å². The van der Waals surface area contributed by atoms with E-state index in [-0.39, 0.29) is 6.10 Å². The molecule has 2 heterocycles. The van der Waals surface area contributed by atoms with Gasteiger partial charge in [-0.2, -0.15) is 11.8 Å². The highest BCUT2D eigenvalue weighted by atomic mass is 32.2. The van der Waals surface area contributed by atoms with E-state index in [1.165, 1.54) is 0 Å². The van der Waals surface area contributed by atoms with E-state index in [9.17, 15) is 0 Å². The Morgan fingerprint density at radius 2 is 2.11 bits per heavy atom. The van der Waals surface area contributed by atoms with Gasteiger partial charge in [-0.05, 0) is 12.1 Å². The number of benzene rings is 1. The van der Waals surface area contributed by atoms with E-state index in [2.05, 4.69) is 10.4 Å². The van der Waals surface area contributed by atoms with Gasteiger partial charge in [0.15, 0.2) is 0 Å². The minimum atomic E-state index is 0.163. The first-order valence-corrected chi connectivity index (χ1v) is 7.87. The molecule has 0 saturated carbocycles. The molecule has 0 aliphatic carbocycles. The Morgan fingerprint density at radius 3 is 2.83 bits per heavy atom. The van der Waals surface area contributed by atoms with Crippen molar-refractivity contribution in [1.29, 1.82) is 0 Å². The number of hydrogen-bond acceptors (Lipinski definition) is 5. The first-order valence-electron chi connectivity index (χ1n) is 5.83. The molecule has 1 aliphatic heterocycles. The van der Waals surface area contributed by atoms with Crippen molar-refractivity contribution >= 4 is 28.8 Å². The summed E-state index contributed by atoms with van der Waals surface area (Å²) < 4.78 is 5.74. The van der Waals surface area contributed by atoms with Crippen molar-refractivity contribution in [2.24, 2.45) is 0 Å². The maximum atomic E-state index is 5.74. The number of nitrogens with two attached hydrogens (primary N) is 1. The molecule has 1 aromatic carbocycles. The van der Waals surface area contributed by atoms with Gasteiger partial charge in [0.05, 0.1) is 12.3 Å². The standard InChI is InChI=1S/C13H14N2OS2/c14-10-3-1-9(2-4-10)11-7-18-13(15-11)12-8-17-6-5-16-12/h1-4,7,12H,5-6,8,14H2. The maximum absolute atomic E-state index is 5.74. The van der Waals surface area contributed by atoms with Crippen molar-refractivity contribution in [3.8, 4) is 11.3 Å². The summed E-state index contributed by atoms with van der Waals surface area (Å²) in [5.74, 6) is 2.10. The lowest BCUT2D eigenvalue weighted by molar-refractivity contribution is 0.0756. The summed E-state index contributed by atoms with van der Waals surface area (Å²) >= 11 is 3.60. The van der Waals surface area contributed by atoms with E-state index in [4.69, 9.17) is 10.5 Å². The largest absolute Gasteiger partial charge is 0.399 e. The van der Waals surface area contributed by atoms with Gasteiger partial charge in [-0.25, -0.2) is 4.98 Å². The Balaban J connectivity index is 1.82. The summed E-state index contributed by atoms with van der Waals surface area (Å²) in [5.41, 5.74) is 8.58. The minimum Gasteiger partial charge on any atom is -0.399 e. The summed E-state index contributed by atoms with van der Waals surface area (Å²) in [7, 11) is 0. The van der Waals surface area contributed by atoms with E-state index in [0.29, 0.717) is 0 Å². The van der Waals surface area contributed by atoms with Crippen molar-refractivity contribution in [2.45, 2.75) is 6.10 Å². The molecule has 0 spiro atoms. The number of rotatable bonds is 2. The number of anilines is 1. The summed E-state index contributed by atoms with van der Waals surface area (Å²) in [4.78, 5) is 4.67. The second kappa shape index (κ2) is 5.30. The van der Waals surface area contributed by atoms with Crippen LogP contribution in [0.1, 0.15) is 11.1 Å². The van der Waals surface area contributed by atoms with Gasteiger partial charge >= 0.3 is 0 Å². The first kappa shape index (κ1) is 12.0. The number of nitrogens with zero attached hydrogens (tertiary/aromatic N) is 1. The predicted octanol–water partition coefficient (Wildman–Crippen LogP) is 3.20. The molecule has 18 heavy (non-hydrogen) atoms. The summed E-state index contributed by atoms with van der Waals surface area (Å²) in [6.07, 6.45) is 0.163. The first-order chi connectivity index (χ1) is 8.83. The van der Waals surface area contributed by atoms with Gasteiger partial charge < -0.3 is 10.5 Å². The van der Waals surface area contributed by atoms with E-state index >= 15 is 0 Å². The third-order valence-corrected chi connectivity index (χ3v) is 4.75. The van der Waals surface area contributed by atoms with Crippen LogP contribution in [-0.2, 0) is 4.74 Å². The van der Waals surface area contributed by atoms with Crippen LogP contribution in [0.5, 0.6) is 0 Å². The van der Waals surface area contributed by atoms with Crippen LogP contribution in [0.3, 0.4) is 0 Å². The third-order valence-electron chi connectivity index (χ3n) is 2.82. The van der Waals surface area contributed by atoms with Crippen LogP contribution < -0.4 is 5.73 Å². The minimum absolute atomic E-state index is 0.163. The van der Waals surface area contributed by atoms with Crippen LogP contribution in [0.4, 0.5) is 5.69 Å². The highest BCUT2D eigenvalue weighted by Crippen LogP contribution is 2.31. The Bertz CT molecular complexity index is 518. The molecule has 2 N–H and O–H groups in total. The number of hydrogen-bond donors (Lipinski definition) is 1. The molecule has 0 bridgehead atoms. The van der Waals surface area contributed by atoms with Crippen LogP contribution in [0.15, 0.2) is 29.6 Å². The van der Waals surface area contributed by atoms with Crippen LogP contribution in [0, 0.1) is 0 Å². The van der Waals surface area contributed by atoms with Crippen molar-refractivity contribution in [3.05, 3.63) is 34.7 Å². The van der Waals surface area contributed by atoms with E-state index in [1.54, 1.807) is 11.3 Å². The molecule has 3 nitrogen and oxygen atoms in total. The lowest BCUT2D eigenvalue weighted by atomic mass is 10.1. The quantitative estimate of drug-likeness (QED) is 0.857.